The van der Waals surface area contributed by atoms with E-state index in [9.17, 15) is 9.18 Å². The molecule has 2 aromatic carbocycles. The van der Waals surface area contributed by atoms with Crippen LogP contribution in [0, 0.1) is 11.7 Å². The van der Waals surface area contributed by atoms with Crippen LogP contribution in [0.5, 0.6) is 11.5 Å². The Hall–Kier alpha value is -2.60. The number of rotatable bonds is 5. The summed E-state index contributed by atoms with van der Waals surface area (Å²) in [4.78, 5) is 16.0. The molecule has 1 spiro atoms. The number of hydrogen-bond acceptors (Lipinski definition) is 5. The van der Waals surface area contributed by atoms with Gasteiger partial charge in [0.1, 0.15) is 5.82 Å². The number of halogens is 1. The van der Waals surface area contributed by atoms with E-state index in [1.54, 1.807) is 7.11 Å². The summed E-state index contributed by atoms with van der Waals surface area (Å²) in [6.07, 6.45) is 5.15. The van der Waals surface area contributed by atoms with Crippen LogP contribution in [0.2, 0.25) is 0 Å². The predicted octanol–water partition coefficient (Wildman–Crippen LogP) is 4.09. The second kappa shape index (κ2) is 6.72. The van der Waals surface area contributed by atoms with E-state index < -0.39 is 11.5 Å². The van der Waals surface area contributed by atoms with Crippen molar-refractivity contribution in [3.05, 3.63) is 53.3 Å². The lowest BCUT2D eigenvalue weighted by Crippen LogP contribution is -2.79. The lowest BCUT2D eigenvalue weighted by Gasteiger charge is -2.65. The van der Waals surface area contributed by atoms with Gasteiger partial charge in [-0.25, -0.2) is 4.39 Å². The third-order valence-corrected chi connectivity index (χ3v) is 9.03. The quantitative estimate of drug-likeness (QED) is 0.747. The van der Waals surface area contributed by atoms with Gasteiger partial charge in [0.15, 0.2) is 23.4 Å². The third-order valence-electron chi connectivity index (χ3n) is 9.03. The van der Waals surface area contributed by atoms with Crippen molar-refractivity contribution < 1.29 is 18.7 Å². The molecule has 5 aliphatic rings. The Morgan fingerprint density at radius 1 is 1.18 bits per heavy atom. The molecule has 2 saturated carbocycles. The Labute approximate surface area is 193 Å². The largest absolute Gasteiger partial charge is 0.493 e. The molecule has 33 heavy (non-hydrogen) atoms. The first-order valence-corrected chi connectivity index (χ1v) is 12.2. The molecule has 2 aliphatic heterocycles. The number of Topliss-reactive ketones (excluding diaryl/α,β-unsaturated/α-hetero) is 1. The van der Waals surface area contributed by atoms with Crippen molar-refractivity contribution >= 4 is 11.5 Å². The Kier molecular flexibility index (Phi) is 4.04. The number of carbonyl (C=O) groups excluding carboxylic acids is 1. The lowest BCUT2D eigenvalue weighted by molar-refractivity contribution is -0.139. The van der Waals surface area contributed by atoms with Crippen LogP contribution >= 0.6 is 0 Å². The Morgan fingerprint density at radius 3 is 2.76 bits per heavy atom. The summed E-state index contributed by atoms with van der Waals surface area (Å²) in [6, 6.07) is 11.1. The maximum atomic E-state index is 13.7. The number of nitrogens with one attached hydrogen (secondary N) is 1. The third kappa shape index (κ3) is 2.53. The van der Waals surface area contributed by atoms with E-state index in [0.717, 1.165) is 49.7 Å². The molecule has 6 heteroatoms. The number of hydrogen-bond donors (Lipinski definition) is 1. The minimum absolute atomic E-state index is 0.187. The van der Waals surface area contributed by atoms with Crippen molar-refractivity contribution in [1.29, 1.82) is 0 Å². The molecular formula is C27H29FN2O3. The van der Waals surface area contributed by atoms with Crippen LogP contribution in [0.3, 0.4) is 0 Å². The molecule has 2 heterocycles. The number of anilines is 1. The first-order valence-electron chi connectivity index (χ1n) is 12.2. The smallest absolute Gasteiger partial charge is 0.174 e. The molecule has 5 nitrogen and oxygen atoms in total. The van der Waals surface area contributed by atoms with Crippen molar-refractivity contribution in [2.45, 2.75) is 61.6 Å². The highest BCUT2D eigenvalue weighted by molar-refractivity contribution is 5.90. The number of ketones is 1. The number of ether oxygens (including phenoxy) is 2. The molecule has 1 saturated heterocycles. The maximum absolute atomic E-state index is 13.7. The van der Waals surface area contributed by atoms with E-state index >= 15 is 0 Å². The van der Waals surface area contributed by atoms with E-state index in [4.69, 9.17) is 9.47 Å². The molecule has 3 fully saturated rings. The lowest BCUT2D eigenvalue weighted by atomic mass is 9.47. The predicted molar refractivity (Wildman–Crippen MR) is 122 cm³/mol. The maximum Gasteiger partial charge on any atom is 0.174 e. The van der Waals surface area contributed by atoms with Crippen LogP contribution in [0.4, 0.5) is 10.1 Å². The van der Waals surface area contributed by atoms with Gasteiger partial charge in [0, 0.05) is 30.3 Å². The van der Waals surface area contributed by atoms with E-state index in [-0.39, 0.29) is 23.2 Å². The van der Waals surface area contributed by atoms with Gasteiger partial charge in [-0.15, -0.1) is 0 Å². The summed E-state index contributed by atoms with van der Waals surface area (Å²) in [7, 11) is 1.66. The van der Waals surface area contributed by atoms with Crippen molar-refractivity contribution in [3.63, 3.8) is 0 Å². The molecule has 4 unspecified atom stereocenters. The van der Waals surface area contributed by atoms with Crippen LogP contribution in [-0.4, -0.2) is 48.6 Å². The highest BCUT2D eigenvalue weighted by Crippen LogP contribution is 2.65. The first-order chi connectivity index (χ1) is 16.1. The number of benzene rings is 2. The molecule has 0 aromatic heterocycles. The molecule has 4 atom stereocenters. The Bertz CT molecular complexity index is 1150. The van der Waals surface area contributed by atoms with Gasteiger partial charge in [-0.1, -0.05) is 6.07 Å². The topological polar surface area (TPSA) is 50.8 Å². The molecule has 1 N–H and O–H groups in total. The molecule has 0 radical (unpaired) electrons. The second-order valence-electron chi connectivity index (χ2n) is 10.6. The fourth-order valence-electron chi connectivity index (χ4n) is 7.50. The van der Waals surface area contributed by atoms with E-state index in [1.165, 1.54) is 36.1 Å². The molecule has 2 bridgehead atoms. The SMILES string of the molecule is COc1ccc2c3c1OC1C(=O)CCC4(Nc5ccc(F)cc5)C(C2)N(CC2CC2)CCC314. The zero-order chi connectivity index (χ0) is 22.4. The van der Waals surface area contributed by atoms with Gasteiger partial charge < -0.3 is 14.8 Å². The molecular weight excluding hydrogens is 419 g/mol. The highest BCUT2D eigenvalue weighted by atomic mass is 19.1. The van der Waals surface area contributed by atoms with Crippen LogP contribution in [0.25, 0.3) is 0 Å². The molecule has 172 valence electrons. The van der Waals surface area contributed by atoms with Gasteiger partial charge in [0.2, 0.25) is 0 Å². The highest BCUT2D eigenvalue weighted by Gasteiger charge is 2.73. The minimum Gasteiger partial charge on any atom is -0.493 e. The van der Waals surface area contributed by atoms with Crippen molar-refractivity contribution in [2.75, 3.05) is 25.5 Å². The summed E-state index contributed by atoms with van der Waals surface area (Å²) in [5.74, 6) is 2.20. The Balaban J connectivity index is 1.45. The van der Waals surface area contributed by atoms with Crippen LogP contribution in [0.15, 0.2) is 36.4 Å². The van der Waals surface area contributed by atoms with Gasteiger partial charge >= 0.3 is 0 Å². The van der Waals surface area contributed by atoms with Crippen LogP contribution in [-0.2, 0) is 16.6 Å². The van der Waals surface area contributed by atoms with Gasteiger partial charge in [0.25, 0.3) is 0 Å². The zero-order valence-electron chi connectivity index (χ0n) is 18.9. The fraction of sp³-hybridized carbons (Fsp3) is 0.519. The van der Waals surface area contributed by atoms with Crippen molar-refractivity contribution in [2.24, 2.45) is 5.92 Å². The Morgan fingerprint density at radius 2 is 2.00 bits per heavy atom. The van der Waals surface area contributed by atoms with Crippen LogP contribution < -0.4 is 14.8 Å². The molecule has 3 aliphatic carbocycles. The summed E-state index contributed by atoms with van der Waals surface area (Å²) in [5.41, 5.74) is 2.56. The molecule has 7 rings (SSSR count). The average Bonchev–Trinajstić information content (AvgIpc) is 3.56. The monoisotopic (exact) mass is 448 g/mol. The normalized spacial score (nSPS) is 33.9. The minimum atomic E-state index is -0.505. The second-order valence-corrected chi connectivity index (χ2v) is 10.6. The van der Waals surface area contributed by atoms with Gasteiger partial charge in [-0.2, -0.15) is 0 Å². The molecule has 0 amide bonds. The average molecular weight is 449 g/mol. The number of likely N-dealkylation sites (tertiary alicyclic amines) is 1. The number of carbonyl (C=O) groups is 1. The first kappa shape index (κ1) is 19.8. The van der Waals surface area contributed by atoms with Gasteiger partial charge in [-0.3, -0.25) is 9.69 Å². The standard InChI is InChI=1S/C27H29FN2O3/c1-32-21-9-4-17-14-22-27(29-19-7-5-18(28)6-8-19)11-10-20(31)25-26(27,23(17)24(21)33-25)12-13-30(22)15-16-2-3-16/h4-9,16,22,25,29H,2-3,10-15H2,1H3. The number of piperidine rings is 1. The van der Waals surface area contributed by atoms with E-state index in [1.807, 2.05) is 18.2 Å². The van der Waals surface area contributed by atoms with Gasteiger partial charge in [0.05, 0.1) is 18.1 Å². The fourth-order valence-corrected chi connectivity index (χ4v) is 7.50. The van der Waals surface area contributed by atoms with Crippen molar-refractivity contribution in [3.8, 4) is 11.5 Å². The molecule has 2 aromatic rings. The van der Waals surface area contributed by atoms with Gasteiger partial charge in [-0.05, 0) is 80.5 Å². The summed E-state index contributed by atoms with van der Waals surface area (Å²) >= 11 is 0. The summed E-state index contributed by atoms with van der Waals surface area (Å²) in [6.45, 7) is 2.09. The zero-order valence-corrected chi connectivity index (χ0v) is 18.9. The summed E-state index contributed by atoms with van der Waals surface area (Å²) < 4.78 is 25.9. The van der Waals surface area contributed by atoms with Crippen LogP contribution in [0.1, 0.15) is 43.2 Å². The van der Waals surface area contributed by atoms with E-state index in [0.29, 0.717) is 12.2 Å². The number of nitrogens with zero attached hydrogens (tertiary/aromatic N) is 1. The van der Waals surface area contributed by atoms with Crippen molar-refractivity contribution in [1.82, 2.24) is 4.90 Å². The number of methoxy groups -OCH3 is 1. The van der Waals surface area contributed by atoms with E-state index in [2.05, 4.69) is 16.3 Å². The summed E-state index contributed by atoms with van der Waals surface area (Å²) in [5, 5.41) is 3.92.